The van der Waals surface area contributed by atoms with Crippen molar-refractivity contribution in [1.82, 2.24) is 0 Å². The number of hydrogen-bond acceptors (Lipinski definition) is 2. The third-order valence-corrected chi connectivity index (χ3v) is 2.99. The highest BCUT2D eigenvalue weighted by Crippen LogP contribution is 2.25. The second kappa shape index (κ2) is 5.96. The van der Waals surface area contributed by atoms with E-state index in [1.807, 2.05) is 0 Å². The maximum Gasteiger partial charge on any atom is 0.132 e. The molecule has 1 atom stereocenters. The second-order valence-corrected chi connectivity index (χ2v) is 4.34. The summed E-state index contributed by atoms with van der Waals surface area (Å²) in [5.41, 5.74) is 0.00202. The molecule has 106 valence electrons. The van der Waals surface area contributed by atoms with Crippen LogP contribution in [-0.4, -0.2) is 12.2 Å². The number of hydrogen-bond donors (Lipinski definition) is 1. The molecule has 2 aromatic carbocycles. The van der Waals surface area contributed by atoms with Crippen LogP contribution in [0.15, 0.2) is 36.4 Å². The molecule has 0 aliphatic rings. The first-order valence-corrected chi connectivity index (χ1v) is 5.96. The summed E-state index contributed by atoms with van der Waals surface area (Å²) in [6.45, 7) is 0. The molecule has 2 nitrogen and oxygen atoms in total. The van der Waals surface area contributed by atoms with E-state index in [1.165, 1.54) is 19.2 Å². The molecule has 5 heteroatoms. The summed E-state index contributed by atoms with van der Waals surface area (Å²) < 4.78 is 45.1. The standard InChI is InChI=1S/C15H13F3O2/c1-20-11-3-4-12(14(18)8-11)15(19)7-9-6-10(16)2-5-13(9)17/h2-6,8,15,19H,7H2,1H3. The molecule has 0 aliphatic carbocycles. The predicted octanol–water partition coefficient (Wildman–Crippen LogP) is 3.39. The van der Waals surface area contributed by atoms with Crippen LogP contribution in [0.25, 0.3) is 0 Å². The Morgan fingerprint density at radius 2 is 1.80 bits per heavy atom. The Morgan fingerprint density at radius 3 is 2.45 bits per heavy atom. The first kappa shape index (κ1) is 14.4. The SMILES string of the molecule is COc1ccc(C(O)Cc2cc(F)ccc2F)c(F)c1. The third-order valence-electron chi connectivity index (χ3n) is 2.99. The Bertz CT molecular complexity index is 614. The average molecular weight is 282 g/mol. The minimum atomic E-state index is -1.27. The Morgan fingerprint density at radius 1 is 1.05 bits per heavy atom. The zero-order chi connectivity index (χ0) is 14.7. The van der Waals surface area contributed by atoms with Gasteiger partial charge in [-0.1, -0.05) is 0 Å². The highest BCUT2D eigenvalue weighted by molar-refractivity contribution is 5.31. The van der Waals surface area contributed by atoms with E-state index in [0.717, 1.165) is 24.3 Å². The molecule has 1 unspecified atom stereocenters. The zero-order valence-corrected chi connectivity index (χ0v) is 10.7. The van der Waals surface area contributed by atoms with Crippen LogP contribution < -0.4 is 4.74 Å². The van der Waals surface area contributed by atoms with E-state index in [1.54, 1.807) is 0 Å². The van der Waals surface area contributed by atoms with Gasteiger partial charge in [0.2, 0.25) is 0 Å². The first-order chi connectivity index (χ1) is 9.51. The van der Waals surface area contributed by atoms with Crippen molar-refractivity contribution in [2.24, 2.45) is 0 Å². The highest BCUT2D eigenvalue weighted by Gasteiger charge is 2.16. The average Bonchev–Trinajstić information content (AvgIpc) is 2.42. The lowest BCUT2D eigenvalue weighted by atomic mass is 10.0. The summed E-state index contributed by atoms with van der Waals surface area (Å²) in [6.07, 6.45) is -1.48. The van der Waals surface area contributed by atoms with Gasteiger partial charge in [0, 0.05) is 18.1 Å². The van der Waals surface area contributed by atoms with Gasteiger partial charge in [0.1, 0.15) is 23.2 Å². The molecule has 0 saturated heterocycles. The van der Waals surface area contributed by atoms with Crippen LogP contribution in [0.5, 0.6) is 5.75 Å². The normalized spacial score (nSPS) is 12.2. The molecule has 20 heavy (non-hydrogen) atoms. The van der Waals surface area contributed by atoms with Crippen molar-refractivity contribution in [1.29, 1.82) is 0 Å². The number of ether oxygens (including phenoxy) is 1. The van der Waals surface area contributed by atoms with E-state index in [9.17, 15) is 18.3 Å². The molecule has 0 spiro atoms. The van der Waals surface area contributed by atoms with Gasteiger partial charge in [-0.25, -0.2) is 13.2 Å². The Balaban J connectivity index is 2.23. The van der Waals surface area contributed by atoms with Crippen molar-refractivity contribution in [3.8, 4) is 5.75 Å². The molecule has 0 amide bonds. The number of rotatable bonds is 4. The van der Waals surface area contributed by atoms with Crippen molar-refractivity contribution in [2.45, 2.75) is 12.5 Å². The van der Waals surface area contributed by atoms with Gasteiger partial charge < -0.3 is 9.84 Å². The second-order valence-electron chi connectivity index (χ2n) is 4.34. The number of methoxy groups -OCH3 is 1. The van der Waals surface area contributed by atoms with Crippen LogP contribution in [0.3, 0.4) is 0 Å². The fraction of sp³-hybridized carbons (Fsp3) is 0.200. The Hall–Kier alpha value is -2.01. The summed E-state index contributed by atoms with van der Waals surface area (Å²) >= 11 is 0. The van der Waals surface area contributed by atoms with Crippen LogP contribution in [-0.2, 0) is 6.42 Å². The summed E-state index contributed by atoms with van der Waals surface area (Å²) in [5, 5.41) is 9.96. The number of benzene rings is 2. The topological polar surface area (TPSA) is 29.5 Å². The first-order valence-electron chi connectivity index (χ1n) is 5.96. The molecule has 0 aliphatic heterocycles. The minimum absolute atomic E-state index is 0.00674. The largest absolute Gasteiger partial charge is 0.497 e. The molecular formula is C15H13F3O2. The fourth-order valence-electron chi connectivity index (χ4n) is 1.92. The van der Waals surface area contributed by atoms with E-state index >= 15 is 0 Å². The van der Waals surface area contributed by atoms with Gasteiger partial charge in [0.15, 0.2) is 0 Å². The van der Waals surface area contributed by atoms with Crippen molar-refractivity contribution in [3.05, 3.63) is 65.0 Å². The lowest BCUT2D eigenvalue weighted by molar-refractivity contribution is 0.172. The minimum Gasteiger partial charge on any atom is -0.497 e. The van der Waals surface area contributed by atoms with Crippen LogP contribution in [0.1, 0.15) is 17.2 Å². The molecular weight excluding hydrogens is 269 g/mol. The van der Waals surface area contributed by atoms with Crippen molar-refractivity contribution in [3.63, 3.8) is 0 Å². The highest BCUT2D eigenvalue weighted by atomic mass is 19.1. The summed E-state index contributed by atoms with van der Waals surface area (Å²) in [4.78, 5) is 0. The molecule has 0 aromatic heterocycles. The van der Waals surface area contributed by atoms with Gasteiger partial charge in [-0.3, -0.25) is 0 Å². The molecule has 2 aromatic rings. The van der Waals surface area contributed by atoms with Crippen LogP contribution in [0.2, 0.25) is 0 Å². The van der Waals surface area contributed by atoms with Gasteiger partial charge >= 0.3 is 0 Å². The molecule has 0 radical (unpaired) electrons. The summed E-state index contributed by atoms with van der Waals surface area (Å²) in [6, 6.07) is 6.92. The van der Waals surface area contributed by atoms with E-state index in [-0.39, 0.29) is 17.5 Å². The maximum atomic E-state index is 13.8. The molecule has 0 fully saturated rings. The fourth-order valence-corrected chi connectivity index (χ4v) is 1.92. The van der Waals surface area contributed by atoms with Crippen molar-refractivity contribution < 1.29 is 23.0 Å². The van der Waals surface area contributed by atoms with E-state index in [4.69, 9.17) is 4.74 Å². The van der Waals surface area contributed by atoms with Gasteiger partial charge in [0.25, 0.3) is 0 Å². The van der Waals surface area contributed by atoms with Crippen LogP contribution in [0.4, 0.5) is 13.2 Å². The molecule has 0 heterocycles. The monoisotopic (exact) mass is 282 g/mol. The summed E-state index contributed by atoms with van der Waals surface area (Å²) in [5.74, 6) is -1.59. The quantitative estimate of drug-likeness (QED) is 0.931. The Kier molecular flexibility index (Phi) is 4.29. The predicted molar refractivity (Wildman–Crippen MR) is 68.0 cm³/mol. The number of aliphatic hydroxyl groups is 1. The van der Waals surface area contributed by atoms with E-state index in [2.05, 4.69) is 0 Å². The van der Waals surface area contributed by atoms with Gasteiger partial charge in [-0.2, -0.15) is 0 Å². The lowest BCUT2D eigenvalue weighted by Gasteiger charge is -2.13. The molecule has 0 saturated carbocycles. The lowest BCUT2D eigenvalue weighted by Crippen LogP contribution is -2.06. The van der Waals surface area contributed by atoms with Gasteiger partial charge in [-0.05, 0) is 35.9 Å². The number of aliphatic hydroxyl groups excluding tert-OH is 1. The van der Waals surface area contributed by atoms with Gasteiger partial charge in [-0.15, -0.1) is 0 Å². The number of halogens is 3. The third kappa shape index (κ3) is 3.11. The van der Waals surface area contributed by atoms with Crippen LogP contribution >= 0.6 is 0 Å². The molecule has 2 rings (SSSR count). The van der Waals surface area contributed by atoms with Crippen LogP contribution in [0, 0.1) is 17.5 Å². The van der Waals surface area contributed by atoms with E-state index in [0.29, 0.717) is 5.75 Å². The maximum absolute atomic E-state index is 13.8. The summed E-state index contributed by atoms with van der Waals surface area (Å²) in [7, 11) is 1.40. The van der Waals surface area contributed by atoms with Crippen molar-refractivity contribution in [2.75, 3.05) is 7.11 Å². The van der Waals surface area contributed by atoms with Crippen molar-refractivity contribution >= 4 is 0 Å². The zero-order valence-electron chi connectivity index (χ0n) is 10.7. The van der Waals surface area contributed by atoms with E-state index < -0.39 is 23.6 Å². The Labute approximate surface area is 114 Å². The smallest absolute Gasteiger partial charge is 0.132 e. The molecule has 1 N–H and O–H groups in total. The molecule has 0 bridgehead atoms. The van der Waals surface area contributed by atoms with Gasteiger partial charge in [0.05, 0.1) is 13.2 Å².